The van der Waals surface area contributed by atoms with Crippen molar-refractivity contribution in [2.75, 3.05) is 0 Å². The second-order valence-corrected chi connectivity index (χ2v) is 26.1. The van der Waals surface area contributed by atoms with Crippen molar-refractivity contribution in [1.82, 2.24) is 5.32 Å². The molecule has 2 aromatic rings. The first kappa shape index (κ1) is 48.3. The topological polar surface area (TPSA) is 108 Å². The molecular formula is C59H83NO7. The Bertz CT molecular complexity index is 2200. The van der Waals surface area contributed by atoms with E-state index < -0.39 is 5.41 Å². The lowest BCUT2D eigenvalue weighted by Crippen LogP contribution is -2.68. The molecule has 67 heavy (non-hydrogen) atoms. The van der Waals surface area contributed by atoms with Gasteiger partial charge in [0.25, 0.3) is 0 Å². The Morgan fingerprint density at radius 2 is 1.16 bits per heavy atom. The zero-order valence-corrected chi connectivity index (χ0v) is 42.9. The van der Waals surface area contributed by atoms with Crippen LogP contribution in [-0.2, 0) is 46.6 Å². The van der Waals surface area contributed by atoms with Gasteiger partial charge in [0.2, 0.25) is 5.91 Å². The maximum atomic E-state index is 15.1. The molecule has 0 aromatic heterocycles. The first-order valence-corrected chi connectivity index (χ1v) is 26.4. The fourth-order valence-electron chi connectivity index (χ4n) is 17.4. The predicted octanol–water partition coefficient (Wildman–Crippen LogP) is 12.3. The molecule has 7 fully saturated rings. The van der Waals surface area contributed by atoms with E-state index >= 15 is 4.79 Å². The van der Waals surface area contributed by atoms with E-state index in [2.05, 4.69) is 67.6 Å². The van der Waals surface area contributed by atoms with Gasteiger partial charge in [-0.05, 0) is 151 Å². The average molecular weight is 918 g/mol. The van der Waals surface area contributed by atoms with Crippen LogP contribution in [0.15, 0.2) is 60.7 Å². The van der Waals surface area contributed by atoms with Gasteiger partial charge in [-0.1, -0.05) is 137 Å². The van der Waals surface area contributed by atoms with E-state index in [4.69, 9.17) is 14.2 Å². The largest absolute Gasteiger partial charge is 0.462 e. The van der Waals surface area contributed by atoms with Crippen LogP contribution in [0.5, 0.6) is 0 Å². The molecular weight excluding hydrogens is 835 g/mol. The lowest BCUT2D eigenvalue weighted by Gasteiger charge is -2.73. The quantitative estimate of drug-likeness (QED) is 0.177. The van der Waals surface area contributed by atoms with Crippen LogP contribution < -0.4 is 5.32 Å². The molecule has 7 saturated carbocycles. The summed E-state index contributed by atoms with van der Waals surface area (Å²) in [5.74, 6) is 1.64. The van der Waals surface area contributed by atoms with Gasteiger partial charge in [-0.2, -0.15) is 0 Å². The van der Waals surface area contributed by atoms with E-state index in [1.165, 1.54) is 6.42 Å². The number of esters is 3. The maximum absolute atomic E-state index is 15.1. The first-order chi connectivity index (χ1) is 31.5. The first-order valence-electron chi connectivity index (χ1n) is 26.4. The number of carbonyl (C=O) groups excluding carboxylic acids is 4. The van der Waals surface area contributed by atoms with Gasteiger partial charge in [0.1, 0.15) is 19.3 Å². The second-order valence-electron chi connectivity index (χ2n) is 26.1. The number of benzene rings is 2. The zero-order valence-electron chi connectivity index (χ0n) is 42.9. The van der Waals surface area contributed by atoms with Gasteiger partial charge >= 0.3 is 17.9 Å². The summed E-state index contributed by atoms with van der Waals surface area (Å²) in [6.45, 7) is 26.3. The van der Waals surface area contributed by atoms with Crippen molar-refractivity contribution in [2.24, 2.45) is 91.2 Å². The van der Waals surface area contributed by atoms with Gasteiger partial charge in [-0.15, -0.1) is 0 Å². The van der Waals surface area contributed by atoms with Crippen LogP contribution >= 0.6 is 0 Å². The van der Waals surface area contributed by atoms with Crippen LogP contribution in [0.1, 0.15) is 164 Å². The third kappa shape index (κ3) is 7.55. The van der Waals surface area contributed by atoms with Crippen molar-refractivity contribution in [3.63, 3.8) is 0 Å². The molecule has 0 radical (unpaired) electrons. The van der Waals surface area contributed by atoms with Crippen LogP contribution in [-0.4, -0.2) is 36.0 Å². The van der Waals surface area contributed by atoms with Crippen molar-refractivity contribution in [1.29, 1.82) is 0 Å². The van der Waals surface area contributed by atoms with Crippen LogP contribution in [0.4, 0.5) is 0 Å². The Morgan fingerprint density at radius 1 is 0.582 bits per heavy atom. The average Bonchev–Trinajstić information content (AvgIpc) is 3.69. The number of hydrogen-bond acceptors (Lipinski definition) is 7. The van der Waals surface area contributed by atoms with Crippen LogP contribution in [0.2, 0.25) is 0 Å². The van der Waals surface area contributed by atoms with Crippen molar-refractivity contribution in [3.8, 4) is 0 Å². The highest BCUT2D eigenvalue weighted by Crippen LogP contribution is 2.78. The number of nitrogens with one attached hydrogen (secondary N) is 1. The molecule has 0 aliphatic heterocycles. The number of fused-ring (bicyclic) bond motifs is 7. The molecule has 0 bridgehead atoms. The summed E-state index contributed by atoms with van der Waals surface area (Å²) >= 11 is 0. The predicted molar refractivity (Wildman–Crippen MR) is 261 cm³/mol. The summed E-state index contributed by atoms with van der Waals surface area (Å²) < 4.78 is 18.2. The smallest absolute Gasteiger partial charge is 0.309 e. The molecule has 0 saturated heterocycles. The van der Waals surface area contributed by atoms with E-state index in [1.54, 1.807) is 0 Å². The molecule has 8 heteroatoms. The van der Waals surface area contributed by atoms with Gasteiger partial charge in [0.15, 0.2) is 0 Å². The molecule has 0 heterocycles. The summed E-state index contributed by atoms with van der Waals surface area (Å²) in [5.41, 5.74) is 0.833. The van der Waals surface area contributed by atoms with Gasteiger partial charge in [-0.25, -0.2) is 0 Å². The standard InChI is InChI=1S/C59H83NO7/c1-36(2)39-24-29-59(52(64)60-46-33-43(54(46,5)6)50(62)66-35-38-20-16-13-17-21-38)31-30-57(10)40(48(39)59)22-23-45-56(9)27-26-47(55(7,8)44(56)25-28-58(45,57)11)67-51(63)42-32-41(53(42,3)4)49(61)65-34-37-18-14-12-15-19-37/h12-21,36,39-48H,22-35H2,1-11H3,(H,60,64)/t39-,40?,41-,42?,43?,44-,45+,46?,47?,48+,56-,57+,58?,59-/m0/s1. The fraction of sp³-hybridized carbons (Fsp3) is 0.729. The molecule has 1 amide bonds. The number of rotatable bonds is 11. The fourth-order valence-corrected chi connectivity index (χ4v) is 17.4. The van der Waals surface area contributed by atoms with E-state index in [1.807, 2.05) is 74.5 Å². The van der Waals surface area contributed by atoms with E-state index in [-0.39, 0.29) is 99.4 Å². The summed E-state index contributed by atoms with van der Waals surface area (Å²) in [5, 5.41) is 3.63. The molecule has 1 N–H and O–H groups in total. The number of hydrogen-bond donors (Lipinski definition) is 1. The molecule has 366 valence electrons. The Hall–Kier alpha value is -3.68. The highest BCUT2D eigenvalue weighted by Gasteiger charge is 2.73. The lowest BCUT2D eigenvalue weighted by molar-refractivity contribution is -0.252. The van der Waals surface area contributed by atoms with Crippen LogP contribution in [0.3, 0.4) is 0 Å². The SMILES string of the molecule is CC(C)[C@@H]1CC[C@]2(C(=O)NC3CC(C(=O)OCc4ccccc4)C3(C)C)CC[C@]3(C)C(CC[C@H]4C3(C)CC[C@H]3C(C)(C)C(OC(=O)C5C[C@@H](C(=O)OCc6ccccc6)C5(C)C)CC[C@@]34C)[C@@H]12. The minimum Gasteiger partial charge on any atom is -0.462 e. The summed E-state index contributed by atoms with van der Waals surface area (Å²) in [6, 6.07) is 19.5. The Balaban J connectivity index is 0.866. The van der Waals surface area contributed by atoms with Crippen LogP contribution in [0, 0.1) is 91.2 Å². The van der Waals surface area contributed by atoms with Gasteiger partial charge < -0.3 is 19.5 Å². The monoisotopic (exact) mass is 918 g/mol. The summed E-state index contributed by atoms with van der Waals surface area (Å²) in [4.78, 5) is 55.8. The molecule has 7 aliphatic carbocycles. The lowest BCUT2D eigenvalue weighted by atomic mass is 9.32. The van der Waals surface area contributed by atoms with Crippen molar-refractivity contribution in [3.05, 3.63) is 71.8 Å². The number of ether oxygens (including phenoxy) is 3. The zero-order chi connectivity index (χ0) is 48.1. The Labute approximate surface area is 402 Å². The molecule has 8 nitrogen and oxygen atoms in total. The molecule has 7 aliphatic rings. The van der Waals surface area contributed by atoms with Gasteiger partial charge in [0, 0.05) is 11.5 Å². The molecule has 14 atom stereocenters. The number of amides is 1. The molecule has 6 unspecified atom stereocenters. The third-order valence-corrected chi connectivity index (χ3v) is 22.1. The Morgan fingerprint density at radius 3 is 1.73 bits per heavy atom. The summed E-state index contributed by atoms with van der Waals surface area (Å²) in [6.07, 6.45) is 11.5. The highest BCUT2D eigenvalue weighted by atomic mass is 16.5. The van der Waals surface area contributed by atoms with Gasteiger partial charge in [-0.3, -0.25) is 19.2 Å². The number of carbonyl (C=O) groups is 4. The van der Waals surface area contributed by atoms with Crippen molar-refractivity contribution >= 4 is 23.8 Å². The van der Waals surface area contributed by atoms with E-state index in [0.29, 0.717) is 48.3 Å². The molecule has 2 aromatic carbocycles. The van der Waals surface area contributed by atoms with E-state index in [0.717, 1.165) is 68.9 Å². The Kier molecular flexibility index (Phi) is 12.3. The minimum absolute atomic E-state index is 0.0527. The van der Waals surface area contributed by atoms with E-state index in [9.17, 15) is 14.4 Å². The highest BCUT2D eigenvalue weighted by molar-refractivity contribution is 5.85. The molecule has 0 spiro atoms. The third-order valence-electron chi connectivity index (χ3n) is 22.1. The van der Waals surface area contributed by atoms with Crippen LogP contribution in [0.25, 0.3) is 0 Å². The maximum Gasteiger partial charge on any atom is 0.309 e. The van der Waals surface area contributed by atoms with Gasteiger partial charge in [0.05, 0.1) is 23.2 Å². The molecule has 9 rings (SSSR count). The summed E-state index contributed by atoms with van der Waals surface area (Å²) in [7, 11) is 0. The van der Waals surface area contributed by atoms with Crippen molar-refractivity contribution < 1.29 is 33.4 Å². The normalized spacial score (nSPS) is 40.8. The second kappa shape index (κ2) is 17.0. The minimum atomic E-state index is -0.527. The van der Waals surface area contributed by atoms with Crippen molar-refractivity contribution in [2.45, 2.75) is 179 Å².